The van der Waals surface area contributed by atoms with Crippen molar-refractivity contribution in [2.75, 3.05) is 5.32 Å². The Labute approximate surface area is 125 Å². The molecule has 0 saturated heterocycles. The normalized spacial score (nSPS) is 12.3. The number of hydrogen-bond donors (Lipinski definition) is 2. The van der Waals surface area contributed by atoms with Gasteiger partial charge in [-0.3, -0.25) is 0 Å². The van der Waals surface area contributed by atoms with E-state index in [9.17, 15) is 13.6 Å². The summed E-state index contributed by atoms with van der Waals surface area (Å²) in [6.07, 6.45) is 0. The zero-order valence-corrected chi connectivity index (χ0v) is 12.4. The summed E-state index contributed by atoms with van der Waals surface area (Å²) in [5.41, 5.74) is -0.122. The average Bonchev–Trinajstić information content (AvgIpc) is 2.85. The van der Waals surface area contributed by atoms with Crippen LogP contribution in [0.3, 0.4) is 0 Å². The minimum atomic E-state index is -0.857. The van der Waals surface area contributed by atoms with Crippen LogP contribution >= 0.6 is 0 Å². The zero-order chi connectivity index (χ0) is 16.3. The van der Waals surface area contributed by atoms with Gasteiger partial charge in [0.2, 0.25) is 5.89 Å². The zero-order valence-electron chi connectivity index (χ0n) is 12.4. The average molecular weight is 310 g/mol. The summed E-state index contributed by atoms with van der Waals surface area (Å²) >= 11 is 0. The Kier molecular flexibility index (Phi) is 4.69. The molecule has 118 valence electrons. The molecule has 1 heterocycles. The van der Waals surface area contributed by atoms with E-state index in [0.717, 1.165) is 12.1 Å². The molecule has 8 heteroatoms. The van der Waals surface area contributed by atoms with E-state index in [-0.39, 0.29) is 17.5 Å². The fourth-order valence-electron chi connectivity index (χ4n) is 1.84. The number of hydrogen-bond acceptors (Lipinski definition) is 4. The molecule has 0 aliphatic heterocycles. The minimum absolute atomic E-state index is 0.0244. The lowest BCUT2D eigenvalue weighted by atomic mass is 10.0. The number of rotatable bonds is 4. The van der Waals surface area contributed by atoms with Gasteiger partial charge in [0.1, 0.15) is 17.7 Å². The maximum Gasteiger partial charge on any atom is 0.319 e. The van der Waals surface area contributed by atoms with Crippen molar-refractivity contribution >= 4 is 11.7 Å². The molecule has 22 heavy (non-hydrogen) atoms. The highest BCUT2D eigenvalue weighted by Gasteiger charge is 2.24. The molecule has 6 nitrogen and oxygen atoms in total. The number of halogens is 2. The van der Waals surface area contributed by atoms with Gasteiger partial charge >= 0.3 is 6.03 Å². The number of amides is 2. The molecular weight excluding hydrogens is 294 g/mol. The first-order valence-electron chi connectivity index (χ1n) is 6.69. The van der Waals surface area contributed by atoms with E-state index in [1.165, 1.54) is 0 Å². The number of aromatic nitrogens is 2. The standard InChI is InChI=1S/C14H16F2N4O2/c1-7(2)12(13-17-8(3)20-22-13)19-14(21)18-11-5-4-9(15)6-10(11)16/h4-7,12H,1-3H3,(H2,18,19,21)/t12-/m1/s1. The second kappa shape index (κ2) is 6.50. The van der Waals surface area contributed by atoms with E-state index in [4.69, 9.17) is 4.52 Å². The van der Waals surface area contributed by atoms with E-state index in [2.05, 4.69) is 20.8 Å². The highest BCUT2D eigenvalue weighted by atomic mass is 19.1. The fraction of sp³-hybridized carbons (Fsp3) is 0.357. The van der Waals surface area contributed by atoms with Gasteiger partial charge in [0.15, 0.2) is 5.82 Å². The Balaban J connectivity index is 2.08. The smallest absolute Gasteiger partial charge is 0.319 e. The van der Waals surface area contributed by atoms with E-state index < -0.39 is 23.7 Å². The van der Waals surface area contributed by atoms with Crippen LogP contribution in [0.15, 0.2) is 22.7 Å². The molecule has 2 aromatic rings. The van der Waals surface area contributed by atoms with Gasteiger partial charge in [0.25, 0.3) is 0 Å². The van der Waals surface area contributed by atoms with Crippen molar-refractivity contribution in [1.82, 2.24) is 15.5 Å². The van der Waals surface area contributed by atoms with Crippen LogP contribution in [0.1, 0.15) is 31.6 Å². The van der Waals surface area contributed by atoms with Crippen LogP contribution in [0.25, 0.3) is 0 Å². The number of aryl methyl sites for hydroxylation is 1. The van der Waals surface area contributed by atoms with Gasteiger partial charge in [-0.05, 0) is 25.0 Å². The predicted molar refractivity (Wildman–Crippen MR) is 75.1 cm³/mol. The van der Waals surface area contributed by atoms with Crippen LogP contribution in [0.5, 0.6) is 0 Å². The third-order valence-corrected chi connectivity index (χ3v) is 2.94. The summed E-state index contributed by atoms with van der Waals surface area (Å²) in [7, 11) is 0. The third kappa shape index (κ3) is 3.78. The molecule has 1 atom stereocenters. The SMILES string of the molecule is Cc1noc([C@H](NC(=O)Nc2ccc(F)cc2F)C(C)C)n1. The fourth-order valence-corrected chi connectivity index (χ4v) is 1.84. The van der Waals surface area contributed by atoms with Gasteiger partial charge in [-0.15, -0.1) is 0 Å². The molecule has 2 N–H and O–H groups in total. The monoisotopic (exact) mass is 310 g/mol. The molecule has 0 bridgehead atoms. The van der Waals surface area contributed by atoms with Gasteiger partial charge in [-0.25, -0.2) is 13.6 Å². The maximum absolute atomic E-state index is 13.5. The van der Waals surface area contributed by atoms with Crippen molar-refractivity contribution in [2.24, 2.45) is 5.92 Å². The molecule has 0 aliphatic carbocycles. The Hall–Kier alpha value is -2.51. The van der Waals surface area contributed by atoms with Gasteiger partial charge in [-0.1, -0.05) is 19.0 Å². The third-order valence-electron chi connectivity index (χ3n) is 2.94. The molecule has 0 aliphatic rings. The van der Waals surface area contributed by atoms with Gasteiger partial charge in [0.05, 0.1) is 5.69 Å². The predicted octanol–water partition coefficient (Wildman–Crippen LogP) is 3.18. The van der Waals surface area contributed by atoms with Crippen LogP contribution in [-0.4, -0.2) is 16.2 Å². The first kappa shape index (κ1) is 15.9. The van der Waals surface area contributed by atoms with E-state index in [0.29, 0.717) is 11.9 Å². The van der Waals surface area contributed by atoms with Crippen LogP contribution in [0, 0.1) is 24.5 Å². The van der Waals surface area contributed by atoms with Crippen molar-refractivity contribution < 1.29 is 18.1 Å². The summed E-state index contributed by atoms with van der Waals surface area (Å²) in [5, 5.41) is 8.62. The van der Waals surface area contributed by atoms with Crippen molar-refractivity contribution in [3.63, 3.8) is 0 Å². The second-order valence-electron chi connectivity index (χ2n) is 5.12. The molecule has 0 unspecified atom stereocenters. The number of nitrogens with zero attached hydrogens (tertiary/aromatic N) is 2. The number of carbonyl (C=O) groups excluding carboxylic acids is 1. The quantitative estimate of drug-likeness (QED) is 0.909. The summed E-state index contributed by atoms with van der Waals surface area (Å²) in [6, 6.07) is 1.72. The highest BCUT2D eigenvalue weighted by Crippen LogP contribution is 2.21. The lowest BCUT2D eigenvalue weighted by Gasteiger charge is -2.19. The van der Waals surface area contributed by atoms with Crippen LogP contribution in [-0.2, 0) is 0 Å². The summed E-state index contributed by atoms with van der Waals surface area (Å²) in [5.74, 6) is -0.881. The Morgan fingerprint density at radius 2 is 2.05 bits per heavy atom. The molecule has 0 fully saturated rings. The Morgan fingerprint density at radius 1 is 1.32 bits per heavy atom. The van der Waals surface area contributed by atoms with E-state index in [1.807, 2.05) is 13.8 Å². The van der Waals surface area contributed by atoms with Crippen molar-refractivity contribution in [3.05, 3.63) is 41.5 Å². The number of carbonyl (C=O) groups is 1. The molecule has 0 spiro atoms. The lowest BCUT2D eigenvalue weighted by molar-refractivity contribution is 0.235. The number of anilines is 1. The van der Waals surface area contributed by atoms with Crippen molar-refractivity contribution in [1.29, 1.82) is 0 Å². The maximum atomic E-state index is 13.5. The van der Waals surface area contributed by atoms with Crippen LogP contribution in [0.2, 0.25) is 0 Å². The van der Waals surface area contributed by atoms with Crippen LogP contribution < -0.4 is 10.6 Å². The second-order valence-corrected chi connectivity index (χ2v) is 5.12. The largest absolute Gasteiger partial charge is 0.337 e. The first-order valence-corrected chi connectivity index (χ1v) is 6.69. The topological polar surface area (TPSA) is 80.0 Å². The molecule has 0 radical (unpaired) electrons. The lowest BCUT2D eigenvalue weighted by Crippen LogP contribution is -2.35. The molecule has 0 saturated carbocycles. The molecular formula is C14H16F2N4O2. The Morgan fingerprint density at radius 3 is 2.59 bits per heavy atom. The van der Waals surface area contributed by atoms with Gasteiger partial charge in [0, 0.05) is 6.07 Å². The first-order chi connectivity index (χ1) is 10.4. The number of benzene rings is 1. The molecule has 2 rings (SSSR count). The van der Waals surface area contributed by atoms with Crippen molar-refractivity contribution in [3.8, 4) is 0 Å². The van der Waals surface area contributed by atoms with Gasteiger partial charge in [-0.2, -0.15) is 4.98 Å². The molecule has 1 aromatic heterocycles. The molecule has 1 aromatic carbocycles. The highest BCUT2D eigenvalue weighted by molar-refractivity contribution is 5.89. The number of nitrogens with one attached hydrogen (secondary N) is 2. The summed E-state index contributed by atoms with van der Waals surface area (Å²) in [6.45, 7) is 5.39. The summed E-state index contributed by atoms with van der Waals surface area (Å²) in [4.78, 5) is 16.0. The molecule has 2 amide bonds. The minimum Gasteiger partial charge on any atom is -0.337 e. The van der Waals surface area contributed by atoms with Crippen molar-refractivity contribution in [2.45, 2.75) is 26.8 Å². The Bertz CT molecular complexity index is 673. The number of urea groups is 1. The van der Waals surface area contributed by atoms with E-state index >= 15 is 0 Å². The van der Waals surface area contributed by atoms with E-state index in [1.54, 1.807) is 6.92 Å². The van der Waals surface area contributed by atoms with Gasteiger partial charge < -0.3 is 15.2 Å². The van der Waals surface area contributed by atoms with Crippen LogP contribution in [0.4, 0.5) is 19.3 Å². The summed E-state index contributed by atoms with van der Waals surface area (Å²) < 4.78 is 31.4.